The molecule has 3 heterocycles. The molecule has 0 aliphatic rings. The number of benzene rings is 1. The van der Waals surface area contributed by atoms with Gasteiger partial charge in [-0.25, -0.2) is 4.98 Å². The first-order chi connectivity index (χ1) is 12.5. The third kappa shape index (κ3) is 2.90. The van der Waals surface area contributed by atoms with Crippen LogP contribution in [-0.4, -0.2) is 25.7 Å². The summed E-state index contributed by atoms with van der Waals surface area (Å²) in [6.07, 6.45) is 0. The van der Waals surface area contributed by atoms with Crippen LogP contribution in [0.3, 0.4) is 0 Å². The highest BCUT2D eigenvalue weighted by Gasteiger charge is 2.16. The van der Waals surface area contributed by atoms with E-state index in [9.17, 15) is 4.79 Å². The van der Waals surface area contributed by atoms with E-state index in [1.807, 2.05) is 62.0 Å². The Kier molecular flexibility index (Phi) is 4.08. The first kappa shape index (κ1) is 16.5. The van der Waals surface area contributed by atoms with Gasteiger partial charge in [-0.2, -0.15) is 5.10 Å². The number of aryl methyl sites for hydroxylation is 2. The number of aromatic amines is 1. The average molecular weight is 365 g/mol. The molecule has 4 rings (SSSR count). The van der Waals surface area contributed by atoms with Gasteiger partial charge in [-0.05, 0) is 38.1 Å². The molecule has 7 heteroatoms. The van der Waals surface area contributed by atoms with Gasteiger partial charge in [0.25, 0.3) is 5.91 Å². The van der Waals surface area contributed by atoms with Crippen molar-refractivity contribution in [3.8, 4) is 10.4 Å². The minimum atomic E-state index is -0.0964. The van der Waals surface area contributed by atoms with E-state index in [0.29, 0.717) is 11.4 Å². The van der Waals surface area contributed by atoms with Crippen molar-refractivity contribution >= 4 is 28.3 Å². The molecule has 4 aromatic rings. The first-order valence-electron chi connectivity index (χ1n) is 8.35. The number of imidazole rings is 1. The molecule has 0 radical (unpaired) electrons. The molecule has 0 saturated heterocycles. The zero-order valence-corrected chi connectivity index (χ0v) is 15.6. The second-order valence-corrected chi connectivity index (χ2v) is 7.30. The van der Waals surface area contributed by atoms with Crippen LogP contribution in [0.15, 0.2) is 36.4 Å². The summed E-state index contributed by atoms with van der Waals surface area (Å²) in [5, 5.41) is 7.38. The summed E-state index contributed by atoms with van der Waals surface area (Å²) in [6.45, 7) is 4.39. The van der Waals surface area contributed by atoms with E-state index in [4.69, 9.17) is 0 Å². The zero-order chi connectivity index (χ0) is 18.3. The fourth-order valence-corrected chi connectivity index (χ4v) is 4.14. The monoisotopic (exact) mass is 365 g/mol. The maximum absolute atomic E-state index is 12.5. The third-order valence-corrected chi connectivity index (χ3v) is 5.54. The lowest BCUT2D eigenvalue weighted by Gasteiger charge is -2.01. The van der Waals surface area contributed by atoms with Gasteiger partial charge in [0.05, 0.1) is 28.1 Å². The molecule has 0 saturated carbocycles. The maximum Gasteiger partial charge on any atom is 0.261 e. The van der Waals surface area contributed by atoms with Crippen LogP contribution in [0.1, 0.15) is 26.9 Å². The average Bonchev–Trinajstić information content (AvgIpc) is 3.31. The van der Waals surface area contributed by atoms with E-state index in [1.54, 1.807) is 0 Å². The molecule has 1 amide bonds. The van der Waals surface area contributed by atoms with Gasteiger partial charge >= 0.3 is 0 Å². The van der Waals surface area contributed by atoms with E-state index >= 15 is 0 Å². The highest BCUT2D eigenvalue weighted by molar-refractivity contribution is 7.17. The predicted molar refractivity (Wildman–Crippen MR) is 103 cm³/mol. The fourth-order valence-electron chi connectivity index (χ4n) is 3.06. The van der Waals surface area contributed by atoms with Gasteiger partial charge in [-0.1, -0.05) is 12.1 Å². The normalized spacial score (nSPS) is 11.2. The van der Waals surface area contributed by atoms with Crippen molar-refractivity contribution in [3.63, 3.8) is 0 Å². The molecule has 132 valence electrons. The maximum atomic E-state index is 12.5. The number of amides is 1. The minimum Gasteiger partial charge on any atom is -0.344 e. The van der Waals surface area contributed by atoms with Crippen molar-refractivity contribution in [2.24, 2.45) is 7.05 Å². The van der Waals surface area contributed by atoms with Crippen molar-refractivity contribution in [2.45, 2.75) is 20.4 Å². The van der Waals surface area contributed by atoms with Crippen LogP contribution in [0.5, 0.6) is 0 Å². The van der Waals surface area contributed by atoms with Crippen LogP contribution in [0, 0.1) is 13.8 Å². The quantitative estimate of drug-likeness (QED) is 0.580. The number of nitrogens with zero attached hydrogens (tertiary/aromatic N) is 3. The molecule has 0 unspecified atom stereocenters. The zero-order valence-electron chi connectivity index (χ0n) is 14.8. The van der Waals surface area contributed by atoms with Crippen molar-refractivity contribution < 1.29 is 4.79 Å². The van der Waals surface area contributed by atoms with Crippen LogP contribution < -0.4 is 5.32 Å². The second kappa shape index (κ2) is 6.42. The number of carbonyl (C=O) groups excluding carboxylic acids is 1. The van der Waals surface area contributed by atoms with E-state index in [0.717, 1.165) is 38.7 Å². The summed E-state index contributed by atoms with van der Waals surface area (Å²) in [7, 11) is 1.93. The second-order valence-electron chi connectivity index (χ2n) is 6.22. The first-order valence-corrected chi connectivity index (χ1v) is 9.17. The Morgan fingerprint density at radius 1 is 1.23 bits per heavy atom. The van der Waals surface area contributed by atoms with Crippen LogP contribution in [-0.2, 0) is 13.6 Å². The molecular formula is C19H19N5OS. The Bertz CT molecular complexity index is 1070. The molecule has 3 aromatic heterocycles. The Labute approximate surface area is 154 Å². The number of hydrogen-bond donors (Lipinski definition) is 2. The van der Waals surface area contributed by atoms with Crippen molar-refractivity contribution in [1.82, 2.24) is 25.1 Å². The van der Waals surface area contributed by atoms with E-state index in [2.05, 4.69) is 20.4 Å². The van der Waals surface area contributed by atoms with Crippen molar-refractivity contribution in [2.75, 3.05) is 0 Å². The summed E-state index contributed by atoms with van der Waals surface area (Å²) in [6, 6.07) is 11.7. The highest BCUT2D eigenvalue weighted by Crippen LogP contribution is 2.32. The molecule has 6 nitrogen and oxygen atoms in total. The topological polar surface area (TPSA) is 75.6 Å². The predicted octanol–water partition coefficient (Wildman–Crippen LogP) is 3.57. The number of aromatic nitrogens is 4. The van der Waals surface area contributed by atoms with E-state index < -0.39 is 0 Å². The van der Waals surface area contributed by atoms with Crippen LogP contribution in [0.4, 0.5) is 0 Å². The molecule has 0 bridgehead atoms. The Morgan fingerprint density at radius 3 is 2.77 bits per heavy atom. The van der Waals surface area contributed by atoms with Gasteiger partial charge in [-0.15, -0.1) is 11.3 Å². The van der Waals surface area contributed by atoms with Gasteiger partial charge < -0.3 is 10.3 Å². The molecule has 1 aromatic carbocycles. The van der Waals surface area contributed by atoms with Gasteiger partial charge in [0.2, 0.25) is 0 Å². The number of carbonyl (C=O) groups is 1. The van der Waals surface area contributed by atoms with E-state index in [-0.39, 0.29) is 5.91 Å². The highest BCUT2D eigenvalue weighted by atomic mass is 32.1. The lowest BCUT2D eigenvalue weighted by molar-refractivity contribution is 0.0954. The Balaban J connectivity index is 1.49. The van der Waals surface area contributed by atoms with Gasteiger partial charge in [0, 0.05) is 23.2 Å². The Hall–Kier alpha value is -2.93. The molecule has 26 heavy (non-hydrogen) atoms. The summed E-state index contributed by atoms with van der Waals surface area (Å²) < 4.78 is 1.87. The van der Waals surface area contributed by atoms with Gasteiger partial charge in [-0.3, -0.25) is 9.48 Å². The fraction of sp³-hybridized carbons (Fsp3) is 0.211. The standard InChI is InChI=1S/C19H19N5OS/c1-11-18(12(2)24(3)23-11)15-8-9-16(26-15)19(25)20-10-17-21-13-6-4-5-7-14(13)22-17/h4-9H,10H2,1-3H3,(H,20,25)(H,21,22). The lowest BCUT2D eigenvalue weighted by Crippen LogP contribution is -2.22. The number of nitrogens with one attached hydrogen (secondary N) is 2. The summed E-state index contributed by atoms with van der Waals surface area (Å²) in [5.74, 6) is 0.649. The van der Waals surface area contributed by atoms with Crippen LogP contribution in [0.25, 0.3) is 21.5 Å². The van der Waals surface area contributed by atoms with E-state index in [1.165, 1.54) is 11.3 Å². The van der Waals surface area contributed by atoms with Crippen LogP contribution in [0.2, 0.25) is 0 Å². The molecular weight excluding hydrogens is 346 g/mol. The molecule has 0 aliphatic heterocycles. The molecule has 0 aliphatic carbocycles. The molecule has 0 atom stereocenters. The number of H-pyrrole nitrogens is 1. The summed E-state index contributed by atoms with van der Waals surface area (Å²) in [5.41, 5.74) is 5.05. The van der Waals surface area contributed by atoms with Crippen molar-refractivity contribution in [3.05, 3.63) is 58.5 Å². The van der Waals surface area contributed by atoms with Gasteiger partial charge in [0.15, 0.2) is 0 Å². The molecule has 0 spiro atoms. The third-order valence-electron chi connectivity index (χ3n) is 4.44. The minimum absolute atomic E-state index is 0.0964. The molecule has 2 N–H and O–H groups in total. The number of para-hydroxylation sites is 2. The number of hydrogen-bond acceptors (Lipinski definition) is 4. The summed E-state index contributed by atoms with van der Waals surface area (Å²) in [4.78, 5) is 21.9. The number of fused-ring (bicyclic) bond motifs is 1. The SMILES string of the molecule is Cc1nn(C)c(C)c1-c1ccc(C(=O)NCc2nc3ccccc3[nH]2)s1. The summed E-state index contributed by atoms with van der Waals surface area (Å²) >= 11 is 1.48. The number of thiophene rings is 1. The largest absolute Gasteiger partial charge is 0.344 e. The number of rotatable bonds is 4. The lowest BCUT2D eigenvalue weighted by atomic mass is 10.1. The van der Waals surface area contributed by atoms with Crippen LogP contribution >= 0.6 is 11.3 Å². The van der Waals surface area contributed by atoms with Crippen molar-refractivity contribution in [1.29, 1.82) is 0 Å². The smallest absolute Gasteiger partial charge is 0.261 e. The Morgan fingerprint density at radius 2 is 2.04 bits per heavy atom. The molecule has 0 fully saturated rings. The van der Waals surface area contributed by atoms with Gasteiger partial charge in [0.1, 0.15) is 5.82 Å².